The third-order valence-corrected chi connectivity index (χ3v) is 5.13. The fourth-order valence-corrected chi connectivity index (χ4v) is 3.90. The second-order valence-corrected chi connectivity index (χ2v) is 7.16. The van der Waals surface area contributed by atoms with E-state index in [0.29, 0.717) is 18.7 Å². The van der Waals surface area contributed by atoms with E-state index in [1.807, 2.05) is 30.0 Å². The first-order chi connectivity index (χ1) is 12.9. The number of hydrogen-bond acceptors (Lipinski definition) is 3. The largest absolute Gasteiger partial charge is 0.379 e. The standard InChI is InChI=1S/C20H20BF2N3O/c1-11-8-18(27)25-15-5-2-6-16(19(15)24-11)26-7-3-4-12-9-14(21)13(20(22)23)10-17(12)26/h2,5-6,9-11,20,24H,3-4,7-8H2,1H3,(H,25,27)/t11-/m1/s1. The number of rotatable bonds is 2. The molecule has 4 nitrogen and oxygen atoms in total. The van der Waals surface area contributed by atoms with Crippen LogP contribution in [-0.2, 0) is 11.2 Å². The monoisotopic (exact) mass is 367 g/mol. The number of anilines is 4. The molecule has 0 unspecified atom stereocenters. The lowest BCUT2D eigenvalue weighted by Crippen LogP contribution is -2.28. The van der Waals surface area contributed by atoms with Crippen molar-refractivity contribution in [2.45, 2.75) is 38.7 Å². The minimum Gasteiger partial charge on any atom is -0.379 e. The first-order valence-electron chi connectivity index (χ1n) is 9.11. The molecule has 7 heteroatoms. The van der Waals surface area contributed by atoms with Crippen LogP contribution in [0.25, 0.3) is 0 Å². The summed E-state index contributed by atoms with van der Waals surface area (Å²) in [7, 11) is 5.84. The molecule has 0 spiro atoms. The lowest BCUT2D eigenvalue weighted by atomic mass is 9.85. The van der Waals surface area contributed by atoms with Crippen LogP contribution in [0, 0.1) is 0 Å². The van der Waals surface area contributed by atoms with Gasteiger partial charge >= 0.3 is 0 Å². The highest BCUT2D eigenvalue weighted by atomic mass is 19.3. The molecule has 0 aliphatic carbocycles. The number of fused-ring (bicyclic) bond motifs is 2. The van der Waals surface area contributed by atoms with Crippen molar-refractivity contribution in [1.29, 1.82) is 0 Å². The van der Waals surface area contributed by atoms with Gasteiger partial charge in [-0.2, -0.15) is 0 Å². The Kier molecular flexibility index (Phi) is 4.54. The summed E-state index contributed by atoms with van der Waals surface area (Å²) in [5, 5.41) is 6.33. The first kappa shape index (κ1) is 17.8. The highest BCUT2D eigenvalue weighted by molar-refractivity contribution is 6.33. The topological polar surface area (TPSA) is 44.4 Å². The van der Waals surface area contributed by atoms with Crippen molar-refractivity contribution < 1.29 is 13.6 Å². The van der Waals surface area contributed by atoms with Gasteiger partial charge in [0.25, 0.3) is 6.43 Å². The second-order valence-electron chi connectivity index (χ2n) is 7.16. The van der Waals surface area contributed by atoms with Crippen molar-refractivity contribution in [1.82, 2.24) is 0 Å². The summed E-state index contributed by atoms with van der Waals surface area (Å²) in [6.45, 7) is 2.66. The maximum absolute atomic E-state index is 13.4. The Hall–Kier alpha value is -2.57. The molecule has 138 valence electrons. The molecule has 2 radical (unpaired) electrons. The average molecular weight is 367 g/mol. The zero-order valence-corrected chi connectivity index (χ0v) is 15.1. The molecular formula is C20H20BF2N3O. The summed E-state index contributed by atoms with van der Waals surface area (Å²) in [5.74, 6) is -0.0438. The van der Waals surface area contributed by atoms with Crippen LogP contribution in [0.2, 0.25) is 0 Å². The summed E-state index contributed by atoms with van der Waals surface area (Å²) in [5.41, 5.74) is 4.11. The van der Waals surface area contributed by atoms with Crippen LogP contribution in [0.3, 0.4) is 0 Å². The van der Waals surface area contributed by atoms with E-state index in [2.05, 4.69) is 10.6 Å². The molecule has 4 rings (SSSR count). The van der Waals surface area contributed by atoms with Crippen LogP contribution in [0.5, 0.6) is 0 Å². The summed E-state index contributed by atoms with van der Waals surface area (Å²) in [6.07, 6.45) is -0.554. The van der Waals surface area contributed by atoms with Gasteiger partial charge in [0.2, 0.25) is 5.91 Å². The fourth-order valence-electron chi connectivity index (χ4n) is 3.90. The number of benzene rings is 2. The van der Waals surface area contributed by atoms with E-state index in [1.54, 1.807) is 6.07 Å². The number of alkyl halides is 2. The number of carbonyl (C=O) groups excluding carboxylic acids is 1. The third kappa shape index (κ3) is 3.26. The van der Waals surface area contributed by atoms with Crippen molar-refractivity contribution in [2.75, 3.05) is 22.1 Å². The van der Waals surface area contributed by atoms with E-state index in [1.165, 1.54) is 6.07 Å². The van der Waals surface area contributed by atoms with Crippen LogP contribution in [0.4, 0.5) is 31.5 Å². The van der Waals surface area contributed by atoms with Crippen molar-refractivity contribution in [3.63, 3.8) is 0 Å². The molecule has 2 N–H and O–H groups in total. The number of nitrogens with zero attached hydrogens (tertiary/aromatic N) is 1. The fraction of sp³-hybridized carbons (Fsp3) is 0.350. The Morgan fingerprint density at radius 3 is 2.85 bits per heavy atom. The number of carbonyl (C=O) groups is 1. The minimum atomic E-state index is -2.62. The summed E-state index contributed by atoms with van der Waals surface area (Å²) in [6, 6.07) is 8.81. The molecule has 2 aliphatic heterocycles. The third-order valence-electron chi connectivity index (χ3n) is 5.13. The number of halogens is 2. The van der Waals surface area contributed by atoms with Crippen molar-refractivity contribution in [2.24, 2.45) is 0 Å². The highest BCUT2D eigenvalue weighted by Crippen LogP contribution is 2.42. The molecule has 0 saturated heterocycles. The maximum atomic E-state index is 13.4. The predicted molar refractivity (Wildman–Crippen MR) is 105 cm³/mol. The molecular weight excluding hydrogens is 347 g/mol. The number of hydrogen-bond donors (Lipinski definition) is 2. The van der Waals surface area contributed by atoms with E-state index >= 15 is 0 Å². The Labute approximate surface area is 158 Å². The highest BCUT2D eigenvalue weighted by Gasteiger charge is 2.26. The molecule has 2 aromatic carbocycles. The Balaban J connectivity index is 1.84. The van der Waals surface area contributed by atoms with E-state index in [4.69, 9.17) is 7.85 Å². The molecule has 2 aromatic rings. The molecule has 1 amide bonds. The molecule has 2 aliphatic rings. The van der Waals surface area contributed by atoms with E-state index in [9.17, 15) is 13.6 Å². The number of nitrogens with one attached hydrogen (secondary N) is 2. The zero-order chi connectivity index (χ0) is 19.1. The molecule has 27 heavy (non-hydrogen) atoms. The number of para-hydroxylation sites is 1. The first-order valence-corrected chi connectivity index (χ1v) is 9.11. The van der Waals surface area contributed by atoms with Crippen LogP contribution in [0.15, 0.2) is 30.3 Å². The van der Waals surface area contributed by atoms with Gasteiger partial charge in [0, 0.05) is 30.3 Å². The summed E-state index contributed by atoms with van der Waals surface area (Å²) in [4.78, 5) is 14.1. The normalized spacial score (nSPS) is 19.0. The molecule has 0 fully saturated rings. The number of aryl methyl sites for hydroxylation is 1. The van der Waals surface area contributed by atoms with Gasteiger partial charge in [-0.1, -0.05) is 17.6 Å². The predicted octanol–water partition coefficient (Wildman–Crippen LogP) is 3.64. The van der Waals surface area contributed by atoms with Crippen molar-refractivity contribution in [3.8, 4) is 0 Å². The lowest BCUT2D eigenvalue weighted by molar-refractivity contribution is -0.116. The lowest BCUT2D eigenvalue weighted by Gasteiger charge is -2.34. The van der Waals surface area contributed by atoms with E-state index in [0.717, 1.165) is 35.5 Å². The van der Waals surface area contributed by atoms with Gasteiger partial charge in [-0.3, -0.25) is 4.79 Å². The molecule has 1 atom stereocenters. The van der Waals surface area contributed by atoms with E-state index < -0.39 is 6.43 Å². The van der Waals surface area contributed by atoms with Crippen molar-refractivity contribution in [3.05, 3.63) is 41.5 Å². The van der Waals surface area contributed by atoms with Gasteiger partial charge in [0.15, 0.2) is 0 Å². The maximum Gasteiger partial charge on any atom is 0.263 e. The average Bonchev–Trinajstić information content (AvgIpc) is 2.76. The van der Waals surface area contributed by atoms with Crippen molar-refractivity contribution >= 4 is 42.0 Å². The van der Waals surface area contributed by atoms with Gasteiger partial charge in [-0.15, -0.1) is 0 Å². The van der Waals surface area contributed by atoms with Crippen LogP contribution >= 0.6 is 0 Å². The molecule has 2 heterocycles. The van der Waals surface area contributed by atoms with Gasteiger partial charge in [-0.25, -0.2) is 8.78 Å². The van der Waals surface area contributed by atoms with Crippen LogP contribution < -0.4 is 21.0 Å². The Morgan fingerprint density at radius 2 is 2.07 bits per heavy atom. The number of amides is 1. The second kappa shape index (κ2) is 6.87. The van der Waals surface area contributed by atoms with Crippen LogP contribution in [0.1, 0.15) is 37.3 Å². The molecule has 0 aromatic heterocycles. The smallest absolute Gasteiger partial charge is 0.263 e. The SMILES string of the molecule is [B]c1cc2c(cc1C(F)F)N(c1cccc3c1N[C@H](C)CC(=O)N3)CCC2. The molecule has 0 bridgehead atoms. The quantitative estimate of drug-likeness (QED) is 0.797. The summed E-state index contributed by atoms with van der Waals surface area (Å²) >= 11 is 0. The van der Waals surface area contributed by atoms with Gasteiger partial charge in [-0.05, 0) is 43.5 Å². The zero-order valence-electron chi connectivity index (χ0n) is 15.1. The minimum absolute atomic E-state index is 0.0281. The van der Waals surface area contributed by atoms with Gasteiger partial charge in [0.1, 0.15) is 7.85 Å². The Bertz CT molecular complexity index is 903. The van der Waals surface area contributed by atoms with Gasteiger partial charge < -0.3 is 15.5 Å². The van der Waals surface area contributed by atoms with E-state index in [-0.39, 0.29) is 23.0 Å². The summed E-state index contributed by atoms with van der Waals surface area (Å²) < 4.78 is 26.8. The molecule has 0 saturated carbocycles. The van der Waals surface area contributed by atoms with Crippen LogP contribution in [-0.4, -0.2) is 26.3 Å². The van der Waals surface area contributed by atoms with Gasteiger partial charge in [0.05, 0.1) is 17.1 Å². The Morgan fingerprint density at radius 1 is 1.26 bits per heavy atom.